The molecule has 0 saturated carbocycles. The van der Waals surface area contributed by atoms with Gasteiger partial charge in [0.25, 0.3) is 0 Å². The number of benzene rings is 1. The molecule has 1 fully saturated rings. The molecule has 0 amide bonds. The van der Waals surface area contributed by atoms with Crippen molar-refractivity contribution in [3.63, 3.8) is 0 Å². The highest BCUT2D eigenvalue weighted by molar-refractivity contribution is 5.86. The van der Waals surface area contributed by atoms with Crippen LogP contribution in [0.5, 0.6) is 5.75 Å². The monoisotopic (exact) mass is 534 g/mol. The van der Waals surface area contributed by atoms with E-state index >= 15 is 0 Å². The summed E-state index contributed by atoms with van der Waals surface area (Å²) in [5, 5.41) is 3.43. The smallest absolute Gasteiger partial charge is 0.202 e. The number of pyridine rings is 2. The summed E-state index contributed by atoms with van der Waals surface area (Å²) in [6.07, 6.45) is 11.8. The number of anilines is 2. The minimum absolute atomic E-state index is 0.147. The van der Waals surface area contributed by atoms with Gasteiger partial charge in [-0.2, -0.15) is 4.39 Å². The third-order valence-electron chi connectivity index (χ3n) is 7.79. The van der Waals surface area contributed by atoms with Crippen molar-refractivity contribution >= 4 is 22.4 Å². The molecule has 2 unspecified atom stereocenters. The van der Waals surface area contributed by atoms with Crippen LogP contribution < -0.4 is 26.1 Å². The number of hydrogen-bond acceptors (Lipinski definition) is 7. The normalized spacial score (nSPS) is 20.6. The average molecular weight is 535 g/mol. The van der Waals surface area contributed by atoms with Crippen molar-refractivity contribution in [3.05, 3.63) is 81.9 Å². The molecule has 39 heavy (non-hydrogen) atoms. The van der Waals surface area contributed by atoms with Crippen LogP contribution in [0.4, 0.5) is 20.3 Å². The molecule has 204 valence electrons. The predicted molar refractivity (Wildman–Crippen MR) is 148 cm³/mol. The standard InChI is InChI=1S/C29H32F2N6O2/c1-18-11-19(6-7-33-18)14-37(22-3-2-8-35(17-22)21-4-5-25(32)34-13-21)16-20-15-36-9-10-39-29-26(31)24(30)12-23(27(29)36)28(20)38/h4-7,11-13,15,18,22,33H,2-3,8-10,14,16-17H2,1H3,(H2,32,34). The maximum absolute atomic E-state index is 14.5. The molecule has 0 spiro atoms. The topological polar surface area (TPSA) is 88.7 Å². The summed E-state index contributed by atoms with van der Waals surface area (Å²) < 4.78 is 36.2. The molecule has 3 aromatic rings. The fourth-order valence-electron chi connectivity index (χ4n) is 5.88. The van der Waals surface area contributed by atoms with Gasteiger partial charge in [0.05, 0.1) is 29.3 Å². The molecule has 0 aliphatic carbocycles. The van der Waals surface area contributed by atoms with Crippen LogP contribution in [0, 0.1) is 11.6 Å². The van der Waals surface area contributed by atoms with Crippen molar-refractivity contribution < 1.29 is 13.5 Å². The van der Waals surface area contributed by atoms with Gasteiger partial charge in [-0.1, -0.05) is 6.08 Å². The number of nitrogens with two attached hydrogens (primary N) is 1. The first-order valence-electron chi connectivity index (χ1n) is 13.4. The number of piperidine rings is 1. The Hall–Kier alpha value is -3.92. The zero-order valence-corrected chi connectivity index (χ0v) is 21.9. The number of ether oxygens (including phenoxy) is 1. The van der Waals surface area contributed by atoms with E-state index in [2.05, 4.69) is 39.2 Å². The van der Waals surface area contributed by atoms with Gasteiger partial charge in [-0.15, -0.1) is 0 Å². The van der Waals surface area contributed by atoms with E-state index in [-0.39, 0.29) is 35.3 Å². The molecule has 10 heteroatoms. The van der Waals surface area contributed by atoms with E-state index < -0.39 is 11.6 Å². The summed E-state index contributed by atoms with van der Waals surface area (Å²) in [5.41, 5.74) is 8.56. The molecule has 5 heterocycles. The van der Waals surface area contributed by atoms with Crippen molar-refractivity contribution in [1.29, 1.82) is 0 Å². The molecule has 3 aliphatic rings. The molecule has 2 atom stereocenters. The summed E-state index contributed by atoms with van der Waals surface area (Å²) >= 11 is 0. The summed E-state index contributed by atoms with van der Waals surface area (Å²) in [7, 11) is 0. The predicted octanol–water partition coefficient (Wildman–Crippen LogP) is 3.55. The number of halogens is 2. The van der Waals surface area contributed by atoms with Crippen molar-refractivity contribution in [2.75, 3.05) is 36.9 Å². The first-order valence-corrected chi connectivity index (χ1v) is 13.4. The number of dihydropyridines is 1. The molecule has 3 N–H and O–H groups in total. The number of aromatic nitrogens is 2. The van der Waals surface area contributed by atoms with Gasteiger partial charge in [0.2, 0.25) is 5.82 Å². The van der Waals surface area contributed by atoms with Crippen LogP contribution >= 0.6 is 0 Å². The second kappa shape index (κ2) is 10.3. The zero-order valence-electron chi connectivity index (χ0n) is 21.9. The minimum Gasteiger partial charge on any atom is -0.486 e. The number of nitrogen functional groups attached to an aromatic ring is 1. The van der Waals surface area contributed by atoms with E-state index in [1.165, 1.54) is 5.57 Å². The maximum Gasteiger partial charge on any atom is 0.202 e. The molecule has 2 aromatic heterocycles. The lowest BCUT2D eigenvalue weighted by Crippen LogP contribution is -2.49. The van der Waals surface area contributed by atoms with Crippen LogP contribution in [0.15, 0.2) is 59.3 Å². The highest BCUT2D eigenvalue weighted by atomic mass is 19.2. The fraction of sp³-hybridized carbons (Fsp3) is 0.379. The minimum atomic E-state index is -1.07. The Morgan fingerprint density at radius 2 is 2.13 bits per heavy atom. The number of nitrogens with zero attached hydrogens (tertiary/aromatic N) is 4. The highest BCUT2D eigenvalue weighted by Gasteiger charge is 2.29. The van der Waals surface area contributed by atoms with Crippen molar-refractivity contribution in [2.24, 2.45) is 0 Å². The lowest BCUT2D eigenvalue weighted by molar-refractivity contribution is 0.181. The molecular formula is C29H32F2N6O2. The third kappa shape index (κ3) is 4.96. The van der Waals surface area contributed by atoms with Crippen LogP contribution in [0.1, 0.15) is 25.3 Å². The highest BCUT2D eigenvalue weighted by Crippen LogP contribution is 2.33. The van der Waals surface area contributed by atoms with Crippen LogP contribution in [-0.2, 0) is 13.1 Å². The summed E-state index contributed by atoms with van der Waals surface area (Å²) in [5.74, 6) is -1.83. The van der Waals surface area contributed by atoms with Crippen LogP contribution in [0.25, 0.3) is 10.9 Å². The lowest BCUT2D eigenvalue weighted by Gasteiger charge is -2.41. The van der Waals surface area contributed by atoms with Crippen LogP contribution in [0.2, 0.25) is 0 Å². The molecule has 6 rings (SSSR count). The third-order valence-corrected chi connectivity index (χ3v) is 7.79. The first kappa shape index (κ1) is 25.4. The Kier molecular flexibility index (Phi) is 6.72. The average Bonchev–Trinajstić information content (AvgIpc) is 2.94. The van der Waals surface area contributed by atoms with E-state index in [1.54, 1.807) is 12.4 Å². The van der Waals surface area contributed by atoms with Crippen molar-refractivity contribution in [1.82, 2.24) is 19.8 Å². The van der Waals surface area contributed by atoms with E-state index in [4.69, 9.17) is 10.5 Å². The van der Waals surface area contributed by atoms with Gasteiger partial charge in [0.15, 0.2) is 17.0 Å². The van der Waals surface area contributed by atoms with Crippen LogP contribution in [0.3, 0.4) is 0 Å². The SMILES string of the molecule is CC1C=C(CN(Cc2cn3c4c(c(F)c(F)cc4c2=O)OCC3)C2CCCN(c3ccc(N)nc3)C2)C=CN1. The van der Waals surface area contributed by atoms with Gasteiger partial charge >= 0.3 is 0 Å². The van der Waals surface area contributed by atoms with Gasteiger partial charge in [0.1, 0.15) is 12.4 Å². The van der Waals surface area contributed by atoms with Crippen molar-refractivity contribution in [2.45, 2.75) is 44.9 Å². The second-order valence-corrected chi connectivity index (χ2v) is 10.5. The maximum atomic E-state index is 14.5. The van der Waals surface area contributed by atoms with Gasteiger partial charge in [-0.3, -0.25) is 9.69 Å². The zero-order chi connectivity index (χ0) is 27.1. The summed E-state index contributed by atoms with van der Waals surface area (Å²) in [6, 6.07) is 5.18. The Labute approximate surface area is 225 Å². The van der Waals surface area contributed by atoms with Gasteiger partial charge < -0.3 is 25.3 Å². The quantitative estimate of drug-likeness (QED) is 0.500. The van der Waals surface area contributed by atoms with E-state index in [9.17, 15) is 13.6 Å². The molecule has 1 saturated heterocycles. The second-order valence-electron chi connectivity index (χ2n) is 10.5. The lowest BCUT2D eigenvalue weighted by atomic mass is 10.00. The Morgan fingerprint density at radius 1 is 1.26 bits per heavy atom. The number of rotatable bonds is 6. The first-order chi connectivity index (χ1) is 18.9. The van der Waals surface area contributed by atoms with E-state index in [0.717, 1.165) is 37.7 Å². The number of hydrogen-bond donors (Lipinski definition) is 2. The molecule has 1 aromatic carbocycles. The molecule has 0 bridgehead atoms. The molecule has 0 radical (unpaired) electrons. The molecule has 3 aliphatic heterocycles. The van der Waals surface area contributed by atoms with Crippen molar-refractivity contribution in [3.8, 4) is 5.75 Å². The van der Waals surface area contributed by atoms with Gasteiger partial charge in [0, 0.05) is 50.0 Å². The van der Waals surface area contributed by atoms with E-state index in [0.29, 0.717) is 36.5 Å². The van der Waals surface area contributed by atoms with Crippen LogP contribution in [-0.4, -0.2) is 52.8 Å². The Morgan fingerprint density at radius 3 is 2.92 bits per heavy atom. The Balaban J connectivity index is 1.36. The Bertz CT molecular complexity index is 1520. The summed E-state index contributed by atoms with van der Waals surface area (Å²) in [6.45, 7) is 5.49. The largest absolute Gasteiger partial charge is 0.486 e. The van der Waals surface area contributed by atoms with E-state index in [1.807, 2.05) is 22.9 Å². The summed E-state index contributed by atoms with van der Waals surface area (Å²) in [4.78, 5) is 22.6. The molecule has 8 nitrogen and oxygen atoms in total. The molecular weight excluding hydrogens is 502 g/mol. The van der Waals surface area contributed by atoms with Gasteiger partial charge in [-0.05, 0) is 55.8 Å². The number of nitrogens with one attached hydrogen (secondary N) is 1. The fourth-order valence-corrected chi connectivity index (χ4v) is 5.88. The van der Waals surface area contributed by atoms with Gasteiger partial charge in [-0.25, -0.2) is 9.37 Å².